The molecule has 1 aliphatic rings. The molecule has 1 saturated heterocycles. The summed E-state index contributed by atoms with van der Waals surface area (Å²) >= 11 is 0. The Morgan fingerprint density at radius 1 is 1.00 bits per heavy atom. The highest BCUT2D eigenvalue weighted by Gasteiger charge is 2.16. The molecule has 3 aromatic carbocycles. The lowest BCUT2D eigenvalue weighted by Gasteiger charge is -2.35. The molecule has 0 aliphatic carbocycles. The maximum absolute atomic E-state index is 12.5. The average Bonchev–Trinajstić information content (AvgIpc) is 2.99. The van der Waals surface area contributed by atoms with Gasteiger partial charge in [-0.15, -0.1) is 0 Å². The van der Waals surface area contributed by atoms with Gasteiger partial charge in [-0.05, 0) is 61.9 Å². The van der Waals surface area contributed by atoms with Crippen molar-refractivity contribution in [2.75, 3.05) is 57.1 Å². The zero-order valence-electron chi connectivity index (χ0n) is 23.8. The first-order valence-corrected chi connectivity index (χ1v) is 13.9. The molecule has 0 atom stereocenters. The summed E-state index contributed by atoms with van der Waals surface area (Å²) in [5.74, 6) is 0.0665. The first kappa shape index (κ1) is 28.0. The van der Waals surface area contributed by atoms with Gasteiger partial charge in [-0.25, -0.2) is 9.97 Å². The van der Waals surface area contributed by atoms with Crippen LogP contribution < -0.4 is 15.5 Å². The van der Waals surface area contributed by atoms with Gasteiger partial charge in [0.1, 0.15) is 0 Å². The Hall–Kier alpha value is -4.50. The van der Waals surface area contributed by atoms with Crippen LogP contribution >= 0.6 is 0 Å². The number of nitrogens with one attached hydrogen (secondary N) is 2. The Labute approximate surface area is 240 Å². The molecule has 9 nitrogen and oxygen atoms in total. The molecule has 0 spiro atoms. The minimum absolute atomic E-state index is 0.179. The van der Waals surface area contributed by atoms with E-state index < -0.39 is 0 Å². The highest BCUT2D eigenvalue weighted by molar-refractivity contribution is 5.97. The molecule has 1 aromatic heterocycles. The molecule has 41 heavy (non-hydrogen) atoms. The summed E-state index contributed by atoms with van der Waals surface area (Å²) in [5, 5.41) is 7.16. The van der Waals surface area contributed by atoms with Crippen LogP contribution in [0.15, 0.2) is 66.9 Å². The molecule has 1 fully saturated rings. The third-order valence-corrected chi connectivity index (χ3v) is 7.44. The zero-order valence-corrected chi connectivity index (χ0v) is 23.8. The van der Waals surface area contributed by atoms with Crippen molar-refractivity contribution >= 4 is 40.1 Å². The number of anilines is 3. The number of esters is 1. The lowest BCUT2D eigenvalue weighted by Crippen LogP contribution is -2.44. The van der Waals surface area contributed by atoms with Crippen molar-refractivity contribution in [1.82, 2.24) is 20.2 Å². The molecule has 5 rings (SSSR count). The van der Waals surface area contributed by atoms with Crippen LogP contribution in [-0.2, 0) is 9.53 Å². The predicted molar refractivity (Wildman–Crippen MR) is 163 cm³/mol. The molecular formula is C32H36N6O3. The zero-order chi connectivity index (χ0) is 28.8. The van der Waals surface area contributed by atoms with E-state index in [0.29, 0.717) is 24.5 Å². The van der Waals surface area contributed by atoms with Gasteiger partial charge in [0.25, 0.3) is 5.91 Å². The van der Waals surface area contributed by atoms with Gasteiger partial charge in [-0.2, -0.15) is 0 Å². The number of piperazine rings is 1. The van der Waals surface area contributed by atoms with Crippen LogP contribution in [0.4, 0.5) is 17.3 Å². The fourth-order valence-electron chi connectivity index (χ4n) is 5.05. The fraction of sp³-hybridized carbons (Fsp3) is 0.312. The van der Waals surface area contributed by atoms with Crippen LogP contribution in [0.25, 0.3) is 22.0 Å². The number of aromatic nitrogens is 2. The van der Waals surface area contributed by atoms with E-state index in [1.54, 1.807) is 12.1 Å². The van der Waals surface area contributed by atoms with E-state index in [-0.39, 0.29) is 18.3 Å². The Bertz CT molecular complexity index is 1530. The summed E-state index contributed by atoms with van der Waals surface area (Å²) in [7, 11) is 3.52. The van der Waals surface area contributed by atoms with Crippen LogP contribution in [0.5, 0.6) is 0 Å². The number of likely N-dealkylation sites (N-methyl/N-ethyl adjacent to an activating group) is 1. The SMILES string of the molecule is COC(=O)CCCNC(=O)c1ccc(-c2cccc3cnc(Nc4ccc(N5CCN(C)CC5)c(C)c4)nc23)cc1. The van der Waals surface area contributed by atoms with E-state index >= 15 is 0 Å². The summed E-state index contributed by atoms with van der Waals surface area (Å²) in [6, 6.07) is 19.9. The number of nitrogens with zero attached hydrogens (tertiary/aromatic N) is 4. The Morgan fingerprint density at radius 2 is 1.78 bits per heavy atom. The topological polar surface area (TPSA) is 99.7 Å². The molecule has 0 radical (unpaired) electrons. The smallest absolute Gasteiger partial charge is 0.305 e. The van der Waals surface area contributed by atoms with Crippen LogP contribution in [0.1, 0.15) is 28.8 Å². The van der Waals surface area contributed by atoms with Crippen LogP contribution in [-0.4, -0.2) is 73.6 Å². The van der Waals surface area contributed by atoms with Crippen molar-refractivity contribution in [1.29, 1.82) is 0 Å². The largest absolute Gasteiger partial charge is 0.469 e. The molecule has 4 aromatic rings. The molecule has 9 heteroatoms. The molecular weight excluding hydrogens is 516 g/mol. The molecule has 0 bridgehead atoms. The van der Waals surface area contributed by atoms with Gasteiger partial charge in [0.15, 0.2) is 0 Å². The van der Waals surface area contributed by atoms with Crippen LogP contribution in [0.3, 0.4) is 0 Å². The number of benzene rings is 3. The van der Waals surface area contributed by atoms with Gasteiger partial charge in [-0.1, -0.05) is 30.3 Å². The van der Waals surface area contributed by atoms with Crippen molar-refractivity contribution < 1.29 is 14.3 Å². The molecule has 1 aliphatic heterocycles. The lowest BCUT2D eigenvalue weighted by atomic mass is 10.0. The number of hydrogen-bond donors (Lipinski definition) is 2. The number of rotatable bonds is 9. The number of carbonyl (C=O) groups is 2. The van der Waals surface area contributed by atoms with E-state index in [0.717, 1.165) is 53.9 Å². The molecule has 2 heterocycles. The lowest BCUT2D eigenvalue weighted by molar-refractivity contribution is -0.140. The summed E-state index contributed by atoms with van der Waals surface area (Å²) in [4.78, 5) is 38.0. The number of methoxy groups -OCH3 is 1. The van der Waals surface area contributed by atoms with Gasteiger partial charge >= 0.3 is 5.97 Å². The highest BCUT2D eigenvalue weighted by atomic mass is 16.5. The van der Waals surface area contributed by atoms with Crippen molar-refractivity contribution in [2.24, 2.45) is 0 Å². The number of amides is 1. The Morgan fingerprint density at radius 3 is 2.51 bits per heavy atom. The fourth-order valence-corrected chi connectivity index (χ4v) is 5.05. The Balaban J connectivity index is 1.29. The first-order chi connectivity index (χ1) is 19.9. The first-order valence-electron chi connectivity index (χ1n) is 13.9. The van der Waals surface area contributed by atoms with Crippen molar-refractivity contribution in [3.8, 4) is 11.1 Å². The quantitative estimate of drug-likeness (QED) is 0.226. The summed E-state index contributed by atoms with van der Waals surface area (Å²) in [6.07, 6.45) is 2.63. The third kappa shape index (κ3) is 6.81. The van der Waals surface area contributed by atoms with Crippen molar-refractivity contribution in [3.63, 3.8) is 0 Å². The predicted octanol–water partition coefficient (Wildman–Crippen LogP) is 4.78. The number of carbonyl (C=O) groups excluding carboxylic acids is 2. The van der Waals surface area contributed by atoms with Crippen LogP contribution in [0.2, 0.25) is 0 Å². The average molecular weight is 553 g/mol. The number of para-hydroxylation sites is 1. The standard InChI is InChI=1S/C32H36N6O3/c1-22-20-26(13-14-28(22)38-18-16-37(2)17-19-38)35-32-34-21-25-6-4-7-27(30(25)36-32)23-9-11-24(12-10-23)31(40)33-15-5-8-29(39)41-3/h4,6-7,9-14,20-21H,5,8,15-19H2,1-3H3,(H,33,40)(H,34,35,36). The number of hydrogen-bond acceptors (Lipinski definition) is 8. The van der Waals surface area contributed by atoms with Gasteiger partial charge in [0.05, 0.1) is 12.6 Å². The third-order valence-electron chi connectivity index (χ3n) is 7.44. The van der Waals surface area contributed by atoms with Gasteiger partial charge < -0.3 is 25.2 Å². The van der Waals surface area contributed by atoms with E-state index in [4.69, 9.17) is 4.98 Å². The van der Waals surface area contributed by atoms with Gasteiger partial charge in [0.2, 0.25) is 5.95 Å². The summed E-state index contributed by atoms with van der Waals surface area (Å²) in [6.45, 7) is 6.75. The Kier molecular flexibility index (Phi) is 8.74. The van der Waals surface area contributed by atoms with E-state index in [9.17, 15) is 9.59 Å². The number of ether oxygens (including phenoxy) is 1. The summed E-state index contributed by atoms with van der Waals surface area (Å²) in [5.41, 5.74) is 6.72. The van der Waals surface area contributed by atoms with E-state index in [2.05, 4.69) is 62.3 Å². The van der Waals surface area contributed by atoms with Crippen LogP contribution in [0, 0.1) is 6.92 Å². The number of fused-ring (bicyclic) bond motifs is 1. The van der Waals surface area contributed by atoms with E-state index in [1.165, 1.54) is 18.4 Å². The van der Waals surface area contributed by atoms with Crippen molar-refractivity contribution in [2.45, 2.75) is 19.8 Å². The van der Waals surface area contributed by atoms with Crippen molar-refractivity contribution in [3.05, 3.63) is 78.0 Å². The number of aryl methyl sites for hydroxylation is 1. The molecule has 0 saturated carbocycles. The maximum atomic E-state index is 12.5. The van der Waals surface area contributed by atoms with Gasteiger partial charge in [-0.3, -0.25) is 9.59 Å². The van der Waals surface area contributed by atoms with Gasteiger partial charge in [0, 0.05) is 73.2 Å². The molecule has 2 N–H and O–H groups in total. The summed E-state index contributed by atoms with van der Waals surface area (Å²) < 4.78 is 4.63. The minimum Gasteiger partial charge on any atom is -0.469 e. The molecule has 0 unspecified atom stereocenters. The normalized spacial score (nSPS) is 13.7. The second-order valence-corrected chi connectivity index (χ2v) is 10.4. The second kappa shape index (κ2) is 12.8. The molecule has 1 amide bonds. The maximum Gasteiger partial charge on any atom is 0.305 e. The monoisotopic (exact) mass is 552 g/mol. The second-order valence-electron chi connectivity index (χ2n) is 10.4. The van der Waals surface area contributed by atoms with E-state index in [1.807, 2.05) is 36.5 Å². The molecule has 212 valence electrons. The highest BCUT2D eigenvalue weighted by Crippen LogP contribution is 2.30. The minimum atomic E-state index is -0.282.